The van der Waals surface area contributed by atoms with Crippen molar-refractivity contribution in [2.24, 2.45) is 5.92 Å². The van der Waals surface area contributed by atoms with E-state index >= 15 is 0 Å². The van der Waals surface area contributed by atoms with Gasteiger partial charge in [0.05, 0.1) is 18.2 Å². The van der Waals surface area contributed by atoms with Crippen LogP contribution < -0.4 is 5.32 Å². The van der Waals surface area contributed by atoms with Crippen LogP contribution in [0, 0.1) is 5.92 Å². The summed E-state index contributed by atoms with van der Waals surface area (Å²) in [4.78, 5) is 29.2. The zero-order valence-corrected chi connectivity index (χ0v) is 17.0. The van der Waals surface area contributed by atoms with Gasteiger partial charge in [-0.3, -0.25) is 14.5 Å². The summed E-state index contributed by atoms with van der Waals surface area (Å²) >= 11 is 5.90. The predicted molar refractivity (Wildman–Crippen MR) is 108 cm³/mol. The molecule has 1 aromatic heterocycles. The van der Waals surface area contributed by atoms with Crippen LogP contribution in [-0.2, 0) is 4.79 Å². The molecule has 28 heavy (non-hydrogen) atoms. The van der Waals surface area contributed by atoms with Crippen LogP contribution in [0.2, 0.25) is 5.02 Å². The van der Waals surface area contributed by atoms with Crippen molar-refractivity contribution in [2.75, 3.05) is 33.7 Å². The van der Waals surface area contributed by atoms with E-state index in [4.69, 9.17) is 16.0 Å². The Labute approximate surface area is 170 Å². The molecule has 2 heterocycles. The minimum Gasteiger partial charge on any atom is -0.468 e. The summed E-state index contributed by atoms with van der Waals surface area (Å²) in [6.07, 6.45) is 3.23. The van der Waals surface area contributed by atoms with E-state index in [1.54, 1.807) is 35.4 Å². The molecule has 150 valence electrons. The van der Waals surface area contributed by atoms with Crippen LogP contribution >= 0.6 is 11.6 Å². The number of rotatable bonds is 6. The second-order valence-corrected chi connectivity index (χ2v) is 7.77. The number of likely N-dealkylation sites (N-methyl/N-ethyl adjacent to an activating group) is 1. The van der Waals surface area contributed by atoms with Crippen LogP contribution in [0.15, 0.2) is 47.1 Å². The van der Waals surface area contributed by atoms with Crippen molar-refractivity contribution in [3.8, 4) is 0 Å². The average molecular weight is 404 g/mol. The monoisotopic (exact) mass is 403 g/mol. The summed E-state index contributed by atoms with van der Waals surface area (Å²) < 4.78 is 5.49. The molecule has 2 atom stereocenters. The summed E-state index contributed by atoms with van der Waals surface area (Å²) in [5.74, 6) is 0.529. The maximum Gasteiger partial charge on any atom is 0.253 e. The fraction of sp³-hybridized carbons (Fsp3) is 0.429. The summed E-state index contributed by atoms with van der Waals surface area (Å²) in [5, 5.41) is 3.63. The number of amides is 2. The Morgan fingerprint density at radius 2 is 2.04 bits per heavy atom. The van der Waals surface area contributed by atoms with Crippen molar-refractivity contribution >= 4 is 23.4 Å². The van der Waals surface area contributed by atoms with Crippen molar-refractivity contribution in [3.63, 3.8) is 0 Å². The first-order valence-electron chi connectivity index (χ1n) is 9.48. The van der Waals surface area contributed by atoms with E-state index in [9.17, 15) is 9.59 Å². The van der Waals surface area contributed by atoms with Gasteiger partial charge in [-0.2, -0.15) is 0 Å². The lowest BCUT2D eigenvalue weighted by Gasteiger charge is -2.32. The Kier molecular flexibility index (Phi) is 6.75. The molecule has 3 rings (SSSR count). The van der Waals surface area contributed by atoms with Crippen LogP contribution in [0.25, 0.3) is 0 Å². The highest BCUT2D eigenvalue weighted by Crippen LogP contribution is 2.21. The minimum absolute atomic E-state index is 0.0213. The van der Waals surface area contributed by atoms with E-state index in [0.717, 1.165) is 18.6 Å². The molecular weight excluding hydrogens is 378 g/mol. The van der Waals surface area contributed by atoms with Crippen LogP contribution in [0.5, 0.6) is 0 Å². The van der Waals surface area contributed by atoms with Crippen LogP contribution in [-0.4, -0.2) is 55.3 Å². The van der Waals surface area contributed by atoms with E-state index in [-0.39, 0.29) is 23.8 Å². The van der Waals surface area contributed by atoms with E-state index < -0.39 is 0 Å². The number of piperidine rings is 1. The second-order valence-electron chi connectivity index (χ2n) is 7.34. The highest BCUT2D eigenvalue weighted by atomic mass is 35.5. The van der Waals surface area contributed by atoms with Gasteiger partial charge in [0.1, 0.15) is 5.76 Å². The largest absolute Gasteiger partial charge is 0.468 e. The number of carbonyl (C=O) groups is 2. The molecule has 1 fully saturated rings. The molecule has 1 aromatic carbocycles. The Hall–Kier alpha value is -2.31. The molecule has 1 N–H and O–H groups in total. The predicted octanol–water partition coefficient (Wildman–Crippen LogP) is 3.20. The Morgan fingerprint density at radius 3 is 2.68 bits per heavy atom. The number of hydrogen-bond acceptors (Lipinski definition) is 4. The number of hydrogen-bond donors (Lipinski definition) is 1. The van der Waals surface area contributed by atoms with Gasteiger partial charge in [0.25, 0.3) is 5.91 Å². The van der Waals surface area contributed by atoms with Gasteiger partial charge in [0.2, 0.25) is 5.91 Å². The lowest BCUT2D eigenvalue weighted by atomic mass is 9.96. The van der Waals surface area contributed by atoms with Crippen molar-refractivity contribution < 1.29 is 14.0 Å². The number of nitrogens with zero attached hydrogens (tertiary/aromatic N) is 2. The summed E-state index contributed by atoms with van der Waals surface area (Å²) in [7, 11) is 3.90. The van der Waals surface area contributed by atoms with Crippen molar-refractivity contribution in [1.29, 1.82) is 0 Å². The normalized spacial score (nSPS) is 18.1. The van der Waals surface area contributed by atoms with Gasteiger partial charge < -0.3 is 14.6 Å². The maximum atomic E-state index is 12.7. The van der Waals surface area contributed by atoms with Crippen molar-refractivity contribution in [2.45, 2.75) is 18.9 Å². The Balaban J connectivity index is 1.58. The molecule has 2 amide bonds. The molecule has 0 radical (unpaired) electrons. The molecule has 1 aliphatic rings. The molecule has 1 saturated heterocycles. The van der Waals surface area contributed by atoms with Crippen molar-refractivity contribution in [3.05, 3.63) is 59.0 Å². The molecule has 0 saturated carbocycles. The van der Waals surface area contributed by atoms with Gasteiger partial charge in [-0.25, -0.2) is 0 Å². The van der Waals surface area contributed by atoms with Gasteiger partial charge in [0, 0.05) is 30.2 Å². The fourth-order valence-electron chi connectivity index (χ4n) is 3.51. The van der Waals surface area contributed by atoms with Gasteiger partial charge >= 0.3 is 0 Å². The maximum absolute atomic E-state index is 12.7. The summed E-state index contributed by atoms with van der Waals surface area (Å²) in [6.45, 7) is 1.56. The molecule has 0 aliphatic carbocycles. The molecule has 2 aromatic rings. The topological polar surface area (TPSA) is 65.8 Å². The van der Waals surface area contributed by atoms with Gasteiger partial charge in [-0.05, 0) is 63.3 Å². The molecule has 6 nitrogen and oxygen atoms in total. The average Bonchev–Trinajstić information content (AvgIpc) is 3.22. The fourth-order valence-corrected chi connectivity index (χ4v) is 3.64. The summed E-state index contributed by atoms with van der Waals surface area (Å²) in [6, 6.07) is 10.6. The van der Waals surface area contributed by atoms with E-state index in [2.05, 4.69) is 5.32 Å². The molecule has 0 spiro atoms. The number of carbonyl (C=O) groups excluding carboxylic acids is 2. The van der Waals surface area contributed by atoms with E-state index in [1.165, 1.54) is 0 Å². The standard InChI is InChI=1S/C21H26ClN3O3/c1-24(2)18(19-6-4-12-28-19)13-23-20(26)16-5-3-11-25(14-16)21(27)15-7-9-17(22)10-8-15/h4,6-10,12,16,18H,3,5,11,13-14H2,1-2H3,(H,23,26)/t16-,18+/m1/s1. The minimum atomic E-state index is -0.204. The van der Waals surface area contributed by atoms with Gasteiger partial charge in [0.15, 0.2) is 0 Å². The van der Waals surface area contributed by atoms with Crippen molar-refractivity contribution in [1.82, 2.24) is 15.1 Å². The lowest BCUT2D eigenvalue weighted by Crippen LogP contribution is -2.46. The van der Waals surface area contributed by atoms with E-state index in [1.807, 2.05) is 31.1 Å². The summed E-state index contributed by atoms with van der Waals surface area (Å²) in [5.41, 5.74) is 0.593. The third-order valence-corrected chi connectivity index (χ3v) is 5.39. The quantitative estimate of drug-likeness (QED) is 0.804. The molecular formula is C21H26ClN3O3. The number of nitrogens with one attached hydrogen (secondary N) is 1. The first-order valence-corrected chi connectivity index (χ1v) is 9.86. The number of furan rings is 1. The third kappa shape index (κ3) is 4.94. The zero-order valence-electron chi connectivity index (χ0n) is 16.2. The molecule has 0 unspecified atom stereocenters. The SMILES string of the molecule is CN(C)[C@@H](CNC(=O)[C@@H]1CCCN(C(=O)c2ccc(Cl)cc2)C1)c1ccco1. The first-order chi connectivity index (χ1) is 13.5. The smallest absolute Gasteiger partial charge is 0.253 e. The number of benzene rings is 1. The van der Waals surface area contributed by atoms with Crippen LogP contribution in [0.1, 0.15) is 35.0 Å². The molecule has 0 bridgehead atoms. The number of halogens is 1. The first kappa shape index (κ1) is 20.4. The Bertz CT molecular complexity index is 790. The van der Waals surface area contributed by atoms with Crippen LogP contribution in [0.3, 0.4) is 0 Å². The Morgan fingerprint density at radius 1 is 1.29 bits per heavy atom. The van der Waals surface area contributed by atoms with E-state index in [0.29, 0.717) is 30.2 Å². The molecule has 1 aliphatic heterocycles. The third-order valence-electron chi connectivity index (χ3n) is 5.14. The van der Waals surface area contributed by atoms with Gasteiger partial charge in [-0.15, -0.1) is 0 Å². The zero-order chi connectivity index (χ0) is 20.1. The second kappa shape index (κ2) is 9.26. The van der Waals surface area contributed by atoms with Crippen LogP contribution in [0.4, 0.5) is 0 Å². The highest BCUT2D eigenvalue weighted by Gasteiger charge is 2.29. The van der Waals surface area contributed by atoms with Gasteiger partial charge in [-0.1, -0.05) is 11.6 Å². The number of likely N-dealkylation sites (tertiary alicyclic amines) is 1. The molecule has 7 heteroatoms. The highest BCUT2D eigenvalue weighted by molar-refractivity contribution is 6.30. The lowest BCUT2D eigenvalue weighted by molar-refractivity contribution is -0.126.